The van der Waals surface area contributed by atoms with E-state index in [1.54, 1.807) is 0 Å². The number of nitrogens with zero attached hydrogens (tertiary/aromatic N) is 2. The van der Waals surface area contributed by atoms with Crippen LogP contribution in [0.1, 0.15) is 20.3 Å². The maximum Gasteiger partial charge on any atom is 0.241 e. The fourth-order valence-electron chi connectivity index (χ4n) is 2.80. The minimum absolute atomic E-state index is 0.174. The molecule has 0 bridgehead atoms. The van der Waals surface area contributed by atoms with Crippen LogP contribution in [0.5, 0.6) is 0 Å². The number of nitrogens with one attached hydrogen (secondary N) is 1. The Bertz CT molecular complexity index is 433. The molecule has 0 aliphatic carbocycles. The summed E-state index contributed by atoms with van der Waals surface area (Å²) in [7, 11) is 1.99. The second kappa shape index (κ2) is 6.86. The molecule has 1 heterocycles. The maximum absolute atomic E-state index is 12.6. The largest absolute Gasteiger partial charge is 0.316 e. The van der Waals surface area contributed by atoms with E-state index in [1.807, 2.05) is 42.3 Å². The predicted octanol–water partition coefficient (Wildman–Crippen LogP) is 1.72. The third-order valence-electron chi connectivity index (χ3n) is 3.86. The zero-order valence-corrected chi connectivity index (χ0v) is 12.7. The number of hydrogen-bond donors (Lipinski definition) is 1. The van der Waals surface area contributed by atoms with Gasteiger partial charge in [-0.15, -0.1) is 0 Å². The molecule has 1 aliphatic heterocycles. The minimum Gasteiger partial charge on any atom is -0.316 e. The maximum atomic E-state index is 12.6. The highest BCUT2D eigenvalue weighted by atomic mass is 16.2. The first kappa shape index (κ1) is 15.0. The molecular weight excluding hydrogens is 250 g/mol. The number of para-hydroxylation sites is 1. The van der Waals surface area contributed by atoms with Crippen molar-refractivity contribution < 1.29 is 4.79 Å². The van der Waals surface area contributed by atoms with Crippen molar-refractivity contribution in [1.82, 2.24) is 10.2 Å². The van der Waals surface area contributed by atoms with Crippen LogP contribution >= 0.6 is 0 Å². The topological polar surface area (TPSA) is 35.6 Å². The van der Waals surface area contributed by atoms with Crippen LogP contribution in [0.15, 0.2) is 30.3 Å². The molecule has 1 aromatic carbocycles. The van der Waals surface area contributed by atoms with E-state index in [0.717, 1.165) is 25.2 Å². The van der Waals surface area contributed by atoms with Gasteiger partial charge in [-0.2, -0.15) is 0 Å². The minimum atomic E-state index is 0.174. The van der Waals surface area contributed by atoms with Gasteiger partial charge in [-0.3, -0.25) is 9.69 Å². The summed E-state index contributed by atoms with van der Waals surface area (Å²) in [5.41, 5.74) is 0.983. The molecule has 0 radical (unpaired) electrons. The number of benzene rings is 1. The molecule has 110 valence electrons. The third kappa shape index (κ3) is 3.58. The highest BCUT2D eigenvalue weighted by Gasteiger charge is 2.26. The molecule has 0 aromatic heterocycles. The molecule has 1 saturated heterocycles. The second-order valence-electron chi connectivity index (χ2n) is 5.70. The van der Waals surface area contributed by atoms with Crippen LogP contribution in [-0.2, 0) is 4.79 Å². The zero-order valence-electron chi connectivity index (χ0n) is 12.7. The number of anilines is 1. The Kier molecular flexibility index (Phi) is 5.15. The van der Waals surface area contributed by atoms with Crippen LogP contribution in [0.4, 0.5) is 5.69 Å². The number of likely N-dealkylation sites (N-methyl/N-ethyl adjacent to an activating group) is 1. The van der Waals surface area contributed by atoms with Crippen LogP contribution in [0.2, 0.25) is 0 Å². The summed E-state index contributed by atoms with van der Waals surface area (Å²) in [6.45, 7) is 6.59. The first-order valence-corrected chi connectivity index (χ1v) is 7.38. The SMILES string of the molecule is CNC1CCN(CC(=O)N(c2ccccc2)C(C)C)C1. The van der Waals surface area contributed by atoms with Gasteiger partial charge in [-0.25, -0.2) is 0 Å². The van der Waals surface area contributed by atoms with Gasteiger partial charge in [0.1, 0.15) is 0 Å². The molecule has 1 fully saturated rings. The van der Waals surface area contributed by atoms with Crippen molar-refractivity contribution in [2.24, 2.45) is 0 Å². The molecule has 0 spiro atoms. The summed E-state index contributed by atoms with van der Waals surface area (Å²) in [4.78, 5) is 16.7. The molecule has 2 rings (SSSR count). The number of carbonyl (C=O) groups is 1. The first-order valence-electron chi connectivity index (χ1n) is 7.38. The number of likely N-dealkylation sites (tertiary alicyclic amines) is 1. The Balaban J connectivity index is 2.02. The second-order valence-corrected chi connectivity index (χ2v) is 5.70. The summed E-state index contributed by atoms with van der Waals surface area (Å²) in [6.07, 6.45) is 1.12. The van der Waals surface area contributed by atoms with E-state index in [1.165, 1.54) is 0 Å². The first-order chi connectivity index (χ1) is 9.61. The monoisotopic (exact) mass is 275 g/mol. The lowest BCUT2D eigenvalue weighted by molar-refractivity contribution is -0.119. The molecule has 20 heavy (non-hydrogen) atoms. The van der Waals surface area contributed by atoms with E-state index in [9.17, 15) is 4.79 Å². The average Bonchev–Trinajstić information content (AvgIpc) is 2.87. The van der Waals surface area contributed by atoms with Crippen LogP contribution in [0.3, 0.4) is 0 Å². The molecule has 1 atom stereocenters. The van der Waals surface area contributed by atoms with Crippen LogP contribution < -0.4 is 10.2 Å². The number of rotatable bonds is 5. The summed E-state index contributed by atoms with van der Waals surface area (Å²) in [5.74, 6) is 0.183. The molecule has 1 unspecified atom stereocenters. The Morgan fingerprint density at radius 3 is 2.65 bits per heavy atom. The van der Waals surface area contributed by atoms with Crippen molar-refractivity contribution >= 4 is 11.6 Å². The zero-order chi connectivity index (χ0) is 14.5. The lowest BCUT2D eigenvalue weighted by Gasteiger charge is -2.29. The van der Waals surface area contributed by atoms with Crippen molar-refractivity contribution in [1.29, 1.82) is 0 Å². The van der Waals surface area contributed by atoms with Gasteiger partial charge in [0.05, 0.1) is 6.54 Å². The molecule has 4 heteroatoms. The summed E-state index contributed by atoms with van der Waals surface area (Å²) in [6, 6.07) is 10.6. The van der Waals surface area contributed by atoms with E-state index in [0.29, 0.717) is 12.6 Å². The Morgan fingerprint density at radius 1 is 1.40 bits per heavy atom. The lowest BCUT2D eigenvalue weighted by atomic mass is 10.2. The van der Waals surface area contributed by atoms with Gasteiger partial charge < -0.3 is 10.2 Å². The molecule has 1 aromatic rings. The molecule has 1 N–H and O–H groups in total. The third-order valence-corrected chi connectivity index (χ3v) is 3.86. The molecule has 0 saturated carbocycles. The van der Waals surface area contributed by atoms with Crippen LogP contribution in [0, 0.1) is 0 Å². The van der Waals surface area contributed by atoms with Crippen LogP contribution in [-0.4, -0.2) is 49.6 Å². The smallest absolute Gasteiger partial charge is 0.241 e. The fraction of sp³-hybridized carbons (Fsp3) is 0.562. The summed E-state index contributed by atoms with van der Waals surface area (Å²) >= 11 is 0. The van der Waals surface area contributed by atoms with Gasteiger partial charge >= 0.3 is 0 Å². The van der Waals surface area contributed by atoms with Gasteiger partial charge in [-0.05, 0) is 39.4 Å². The summed E-state index contributed by atoms with van der Waals surface area (Å²) < 4.78 is 0. The van der Waals surface area contributed by atoms with Gasteiger partial charge in [0.2, 0.25) is 5.91 Å². The summed E-state index contributed by atoms with van der Waals surface area (Å²) in [5, 5.41) is 3.28. The van der Waals surface area contributed by atoms with Crippen molar-refractivity contribution in [3.63, 3.8) is 0 Å². The molecule has 4 nitrogen and oxygen atoms in total. The van der Waals surface area contributed by atoms with Crippen molar-refractivity contribution in [3.05, 3.63) is 30.3 Å². The Labute approximate surface area is 121 Å². The van der Waals surface area contributed by atoms with Gasteiger partial charge in [0, 0.05) is 30.9 Å². The number of hydrogen-bond acceptors (Lipinski definition) is 3. The molecule has 1 aliphatic rings. The lowest BCUT2D eigenvalue weighted by Crippen LogP contribution is -2.44. The van der Waals surface area contributed by atoms with Crippen molar-refractivity contribution in [3.8, 4) is 0 Å². The van der Waals surface area contributed by atoms with Gasteiger partial charge in [-0.1, -0.05) is 18.2 Å². The van der Waals surface area contributed by atoms with E-state index in [-0.39, 0.29) is 11.9 Å². The normalized spacial score (nSPS) is 19.5. The van der Waals surface area contributed by atoms with Gasteiger partial charge in [0.15, 0.2) is 0 Å². The van der Waals surface area contributed by atoms with E-state index in [4.69, 9.17) is 0 Å². The average molecular weight is 275 g/mol. The molecule has 1 amide bonds. The van der Waals surface area contributed by atoms with E-state index in [2.05, 4.69) is 24.1 Å². The Morgan fingerprint density at radius 2 is 2.10 bits per heavy atom. The highest BCUT2D eigenvalue weighted by Crippen LogP contribution is 2.18. The fourth-order valence-corrected chi connectivity index (χ4v) is 2.80. The van der Waals surface area contributed by atoms with Gasteiger partial charge in [0.25, 0.3) is 0 Å². The number of carbonyl (C=O) groups excluding carboxylic acids is 1. The highest BCUT2D eigenvalue weighted by molar-refractivity contribution is 5.95. The van der Waals surface area contributed by atoms with Crippen LogP contribution in [0.25, 0.3) is 0 Å². The van der Waals surface area contributed by atoms with E-state index < -0.39 is 0 Å². The predicted molar refractivity (Wildman–Crippen MR) is 83.0 cm³/mol. The van der Waals surface area contributed by atoms with Crippen molar-refractivity contribution in [2.75, 3.05) is 31.6 Å². The standard InChI is InChI=1S/C16H25N3O/c1-13(2)19(15-7-5-4-6-8-15)16(20)12-18-10-9-14(11-18)17-3/h4-8,13-14,17H,9-12H2,1-3H3. The Hall–Kier alpha value is -1.39. The number of amides is 1. The molecular formula is C16H25N3O. The quantitative estimate of drug-likeness (QED) is 0.889. The van der Waals surface area contributed by atoms with Crippen molar-refractivity contribution in [2.45, 2.75) is 32.4 Å². The van der Waals surface area contributed by atoms with E-state index >= 15 is 0 Å².